The lowest BCUT2D eigenvalue weighted by atomic mass is 10.3. The van der Waals surface area contributed by atoms with Crippen molar-refractivity contribution >= 4 is 12.2 Å². The van der Waals surface area contributed by atoms with E-state index in [-0.39, 0.29) is 5.75 Å². The van der Waals surface area contributed by atoms with Gasteiger partial charge in [0, 0.05) is 18.0 Å². The molecule has 0 aliphatic carbocycles. The number of hydrogen-bond acceptors (Lipinski definition) is 2. The first-order valence-electron chi connectivity index (χ1n) is 5.00. The highest BCUT2D eigenvalue weighted by molar-refractivity contribution is 7.71. The number of benzene rings is 1. The molecule has 2 rings (SSSR count). The van der Waals surface area contributed by atoms with E-state index in [2.05, 4.69) is 9.72 Å². The number of imidazole rings is 1. The second-order valence-corrected chi connectivity index (χ2v) is 4.00. The van der Waals surface area contributed by atoms with Gasteiger partial charge in [0.05, 0.1) is 5.69 Å². The molecular formula is C11H9F3N2OS. The average molecular weight is 274 g/mol. The van der Waals surface area contributed by atoms with Crippen LogP contribution in [0, 0.1) is 11.7 Å². The quantitative estimate of drug-likeness (QED) is 0.845. The molecule has 0 fully saturated rings. The zero-order chi connectivity index (χ0) is 13.3. The lowest BCUT2D eigenvalue weighted by Gasteiger charge is -2.11. The van der Waals surface area contributed by atoms with Crippen LogP contribution in [0.4, 0.5) is 13.2 Å². The van der Waals surface area contributed by atoms with Crippen LogP contribution in [0.3, 0.4) is 0 Å². The minimum Gasteiger partial charge on any atom is -0.406 e. The van der Waals surface area contributed by atoms with Crippen LogP contribution in [0.15, 0.2) is 30.5 Å². The zero-order valence-electron chi connectivity index (χ0n) is 9.28. The Morgan fingerprint density at radius 3 is 2.61 bits per heavy atom. The Hall–Kier alpha value is -1.76. The summed E-state index contributed by atoms with van der Waals surface area (Å²) in [6.07, 6.45) is -3.02. The fourth-order valence-corrected chi connectivity index (χ4v) is 1.90. The van der Waals surface area contributed by atoms with Gasteiger partial charge in [-0.3, -0.25) is 4.57 Å². The third-order valence-corrected chi connectivity index (χ3v) is 2.57. The Morgan fingerprint density at radius 1 is 1.33 bits per heavy atom. The summed E-state index contributed by atoms with van der Waals surface area (Å²) >= 11 is 5.05. The smallest absolute Gasteiger partial charge is 0.406 e. The number of H-pyrrole nitrogens is 1. The van der Waals surface area contributed by atoms with E-state index in [1.807, 2.05) is 0 Å². The van der Waals surface area contributed by atoms with Gasteiger partial charge in [-0.15, -0.1) is 13.2 Å². The van der Waals surface area contributed by atoms with Crippen LogP contribution in [0.2, 0.25) is 0 Å². The molecule has 7 heteroatoms. The van der Waals surface area contributed by atoms with Crippen LogP contribution in [0.1, 0.15) is 5.69 Å². The van der Waals surface area contributed by atoms with Crippen LogP contribution in [-0.4, -0.2) is 15.9 Å². The molecule has 1 heterocycles. The molecule has 0 aliphatic heterocycles. The van der Waals surface area contributed by atoms with E-state index >= 15 is 0 Å². The first-order chi connectivity index (χ1) is 8.37. The van der Waals surface area contributed by atoms with Crippen molar-refractivity contribution in [1.29, 1.82) is 0 Å². The number of alkyl halides is 3. The topological polar surface area (TPSA) is 29.9 Å². The van der Waals surface area contributed by atoms with Gasteiger partial charge in [-0.1, -0.05) is 6.07 Å². The summed E-state index contributed by atoms with van der Waals surface area (Å²) in [5.74, 6) is -0.275. The van der Waals surface area contributed by atoms with E-state index in [0.29, 0.717) is 10.5 Å². The second-order valence-electron chi connectivity index (χ2n) is 3.62. The van der Waals surface area contributed by atoms with E-state index in [4.69, 9.17) is 12.2 Å². The van der Waals surface area contributed by atoms with Gasteiger partial charge < -0.3 is 9.72 Å². The number of ether oxygens (including phenoxy) is 1. The molecule has 0 saturated carbocycles. The number of aryl methyl sites for hydroxylation is 1. The summed E-state index contributed by atoms with van der Waals surface area (Å²) in [7, 11) is 0. The average Bonchev–Trinajstić information content (AvgIpc) is 2.56. The number of aromatic nitrogens is 2. The molecule has 18 heavy (non-hydrogen) atoms. The van der Waals surface area contributed by atoms with Gasteiger partial charge in [0.2, 0.25) is 0 Å². The van der Waals surface area contributed by atoms with Gasteiger partial charge in [-0.25, -0.2) is 0 Å². The molecule has 0 radical (unpaired) electrons. The van der Waals surface area contributed by atoms with Crippen molar-refractivity contribution in [2.75, 3.05) is 0 Å². The summed E-state index contributed by atoms with van der Waals surface area (Å²) < 4.78 is 42.3. The number of nitrogens with one attached hydrogen (secondary N) is 1. The van der Waals surface area contributed by atoms with Gasteiger partial charge in [-0.2, -0.15) is 0 Å². The lowest BCUT2D eigenvalue weighted by Crippen LogP contribution is -2.17. The highest BCUT2D eigenvalue weighted by atomic mass is 32.1. The number of aromatic amines is 1. The van der Waals surface area contributed by atoms with Crippen LogP contribution < -0.4 is 4.74 Å². The zero-order valence-corrected chi connectivity index (χ0v) is 10.1. The molecule has 0 aliphatic rings. The molecule has 1 aromatic carbocycles. The van der Waals surface area contributed by atoms with Crippen LogP contribution in [-0.2, 0) is 0 Å². The molecule has 3 nitrogen and oxygen atoms in total. The fourth-order valence-electron chi connectivity index (χ4n) is 1.60. The standard InChI is InChI=1S/C11H9F3N2OS/c1-7-6-15-10(18)16(7)8-3-2-4-9(5-8)17-11(12,13)14/h2-6H,1H3,(H,15,18). The minimum atomic E-state index is -4.70. The van der Waals surface area contributed by atoms with Gasteiger partial charge in [-0.05, 0) is 31.3 Å². The molecule has 1 N–H and O–H groups in total. The molecule has 0 unspecified atom stereocenters. The normalized spacial score (nSPS) is 11.6. The third-order valence-electron chi connectivity index (χ3n) is 2.27. The predicted molar refractivity (Wildman–Crippen MR) is 62.4 cm³/mol. The Bertz CT molecular complexity index is 615. The van der Waals surface area contributed by atoms with Crippen molar-refractivity contribution in [2.24, 2.45) is 0 Å². The van der Waals surface area contributed by atoms with E-state index in [1.54, 1.807) is 23.8 Å². The second kappa shape index (κ2) is 4.49. The van der Waals surface area contributed by atoms with Crippen LogP contribution in [0.25, 0.3) is 5.69 Å². The number of halogens is 3. The molecule has 0 atom stereocenters. The summed E-state index contributed by atoms with van der Waals surface area (Å²) in [6, 6.07) is 5.65. The van der Waals surface area contributed by atoms with Crippen LogP contribution in [0.5, 0.6) is 5.75 Å². The van der Waals surface area contributed by atoms with Crippen molar-refractivity contribution in [3.63, 3.8) is 0 Å². The predicted octanol–water partition coefficient (Wildman–Crippen LogP) is 3.74. The SMILES string of the molecule is Cc1c[nH]c(=S)n1-c1cccc(OC(F)(F)F)c1. The summed E-state index contributed by atoms with van der Waals surface area (Å²) in [5.41, 5.74) is 1.31. The molecule has 1 aromatic heterocycles. The van der Waals surface area contributed by atoms with Gasteiger partial charge in [0.25, 0.3) is 0 Å². The molecule has 0 bridgehead atoms. The molecular weight excluding hydrogens is 265 g/mol. The number of nitrogens with zero attached hydrogens (tertiary/aromatic N) is 1. The largest absolute Gasteiger partial charge is 0.573 e. The molecule has 0 amide bonds. The molecule has 96 valence electrons. The van der Waals surface area contributed by atoms with Crippen molar-refractivity contribution < 1.29 is 17.9 Å². The van der Waals surface area contributed by atoms with Crippen molar-refractivity contribution in [1.82, 2.24) is 9.55 Å². The summed E-state index contributed by atoms with van der Waals surface area (Å²) in [5, 5.41) is 0. The maximum absolute atomic E-state index is 12.1. The first-order valence-corrected chi connectivity index (χ1v) is 5.41. The van der Waals surface area contributed by atoms with Crippen LogP contribution >= 0.6 is 12.2 Å². The Balaban J connectivity index is 2.42. The van der Waals surface area contributed by atoms with E-state index in [1.165, 1.54) is 18.2 Å². The van der Waals surface area contributed by atoms with E-state index < -0.39 is 6.36 Å². The minimum absolute atomic E-state index is 0.275. The van der Waals surface area contributed by atoms with Gasteiger partial charge in [0.1, 0.15) is 5.75 Å². The molecule has 0 spiro atoms. The van der Waals surface area contributed by atoms with Gasteiger partial charge in [0.15, 0.2) is 4.77 Å². The van der Waals surface area contributed by atoms with E-state index in [0.717, 1.165) is 5.69 Å². The maximum atomic E-state index is 12.1. The number of hydrogen-bond donors (Lipinski definition) is 1. The lowest BCUT2D eigenvalue weighted by molar-refractivity contribution is -0.274. The summed E-state index contributed by atoms with van der Waals surface area (Å²) in [6.45, 7) is 1.80. The van der Waals surface area contributed by atoms with Crippen molar-refractivity contribution in [3.8, 4) is 11.4 Å². The molecule has 2 aromatic rings. The maximum Gasteiger partial charge on any atom is 0.573 e. The Labute approximate surface area is 106 Å². The van der Waals surface area contributed by atoms with Crippen molar-refractivity contribution in [2.45, 2.75) is 13.3 Å². The molecule has 0 saturated heterocycles. The Morgan fingerprint density at radius 2 is 2.06 bits per heavy atom. The van der Waals surface area contributed by atoms with Gasteiger partial charge >= 0.3 is 6.36 Å². The van der Waals surface area contributed by atoms with E-state index in [9.17, 15) is 13.2 Å². The highest BCUT2D eigenvalue weighted by Gasteiger charge is 2.31. The monoisotopic (exact) mass is 274 g/mol. The summed E-state index contributed by atoms with van der Waals surface area (Å²) in [4.78, 5) is 2.82. The fraction of sp³-hybridized carbons (Fsp3) is 0.182. The highest BCUT2D eigenvalue weighted by Crippen LogP contribution is 2.25. The first kappa shape index (κ1) is 12.7. The van der Waals surface area contributed by atoms with Crippen molar-refractivity contribution in [3.05, 3.63) is 40.9 Å². The Kier molecular flexibility index (Phi) is 3.16. The number of rotatable bonds is 2. The third kappa shape index (κ3) is 2.73.